The molecule has 0 aliphatic carbocycles. The minimum Gasteiger partial charge on any atom is -0.483 e. The lowest BCUT2D eigenvalue weighted by Gasteiger charge is -2.32. The molecule has 0 aromatic heterocycles. The average Bonchev–Trinajstić information content (AvgIpc) is 2.94. The zero-order valence-electron chi connectivity index (χ0n) is 21.5. The van der Waals surface area contributed by atoms with Crippen LogP contribution in [0.1, 0.15) is 31.4 Å². The first-order valence-electron chi connectivity index (χ1n) is 12.8. The zero-order chi connectivity index (χ0) is 26.0. The van der Waals surface area contributed by atoms with Crippen LogP contribution in [0.4, 0.5) is 0 Å². The van der Waals surface area contributed by atoms with Gasteiger partial charge in [-0.3, -0.25) is 9.59 Å². The van der Waals surface area contributed by atoms with Gasteiger partial charge in [-0.15, -0.1) is 0 Å². The van der Waals surface area contributed by atoms with Gasteiger partial charge in [-0.25, -0.2) is 0 Å². The Morgan fingerprint density at radius 2 is 1.43 bits per heavy atom. The van der Waals surface area contributed by atoms with Gasteiger partial charge in [0.2, 0.25) is 5.91 Å². The number of benzene rings is 4. The largest absolute Gasteiger partial charge is 0.483 e. The lowest BCUT2D eigenvalue weighted by Crippen LogP contribution is -2.53. The number of nitrogens with one attached hydrogen (secondary N) is 1. The molecule has 4 aromatic carbocycles. The van der Waals surface area contributed by atoms with E-state index in [-0.39, 0.29) is 24.5 Å². The highest BCUT2D eigenvalue weighted by Crippen LogP contribution is 2.25. The summed E-state index contributed by atoms with van der Waals surface area (Å²) in [6, 6.07) is 32.6. The van der Waals surface area contributed by atoms with Gasteiger partial charge in [-0.05, 0) is 35.9 Å². The molecule has 1 N–H and O–H groups in total. The Hall–Kier alpha value is -4.12. The number of carbonyl (C=O) groups is 2. The first-order chi connectivity index (χ1) is 18.0. The molecule has 5 nitrogen and oxygen atoms in total. The number of hydrogen-bond donors (Lipinski definition) is 1. The summed E-state index contributed by atoms with van der Waals surface area (Å²) in [5.41, 5.74) is 1.95. The monoisotopic (exact) mass is 494 g/mol. The van der Waals surface area contributed by atoms with E-state index in [0.717, 1.165) is 28.3 Å². The maximum Gasteiger partial charge on any atom is 0.261 e. The van der Waals surface area contributed by atoms with Crippen molar-refractivity contribution in [3.63, 3.8) is 0 Å². The number of amides is 2. The highest BCUT2D eigenvalue weighted by molar-refractivity contribution is 5.90. The van der Waals surface area contributed by atoms with Crippen LogP contribution in [-0.4, -0.2) is 35.4 Å². The number of nitrogens with zero attached hydrogens (tertiary/aromatic N) is 1. The van der Waals surface area contributed by atoms with Gasteiger partial charge in [-0.1, -0.05) is 104 Å². The van der Waals surface area contributed by atoms with E-state index in [0.29, 0.717) is 18.7 Å². The van der Waals surface area contributed by atoms with Crippen LogP contribution in [0.3, 0.4) is 0 Å². The second-order valence-electron chi connectivity index (χ2n) is 9.30. The molecular formula is C32H34N2O3. The number of fused-ring (bicyclic) bond motifs is 1. The third kappa shape index (κ3) is 6.98. The molecule has 0 radical (unpaired) electrons. The molecule has 4 rings (SSSR count). The molecule has 0 aliphatic rings. The van der Waals surface area contributed by atoms with Gasteiger partial charge >= 0.3 is 0 Å². The molecule has 0 saturated heterocycles. The van der Waals surface area contributed by atoms with Crippen LogP contribution in [-0.2, 0) is 22.6 Å². The fourth-order valence-corrected chi connectivity index (χ4v) is 4.32. The van der Waals surface area contributed by atoms with Crippen LogP contribution in [0.2, 0.25) is 0 Å². The van der Waals surface area contributed by atoms with E-state index >= 15 is 0 Å². The number of hydrogen-bond acceptors (Lipinski definition) is 3. The van der Waals surface area contributed by atoms with E-state index < -0.39 is 6.04 Å². The molecule has 0 aliphatic heterocycles. The quantitative estimate of drug-likeness (QED) is 0.288. The van der Waals surface area contributed by atoms with Crippen LogP contribution in [0.15, 0.2) is 103 Å². The molecule has 0 fully saturated rings. The molecule has 0 saturated carbocycles. The molecule has 0 bridgehead atoms. The van der Waals surface area contributed by atoms with Crippen molar-refractivity contribution in [2.24, 2.45) is 0 Å². The van der Waals surface area contributed by atoms with Crippen molar-refractivity contribution >= 4 is 22.6 Å². The van der Waals surface area contributed by atoms with Gasteiger partial charge < -0.3 is 15.0 Å². The molecule has 2 amide bonds. The van der Waals surface area contributed by atoms with Crippen LogP contribution < -0.4 is 10.1 Å². The summed E-state index contributed by atoms with van der Waals surface area (Å²) < 4.78 is 6.06. The van der Waals surface area contributed by atoms with E-state index in [2.05, 4.69) is 5.32 Å². The molecule has 4 aromatic rings. The third-order valence-electron chi connectivity index (χ3n) is 6.57. The molecular weight excluding hydrogens is 460 g/mol. The summed E-state index contributed by atoms with van der Waals surface area (Å²) in [7, 11) is 0. The highest BCUT2D eigenvalue weighted by atomic mass is 16.5. The predicted molar refractivity (Wildman–Crippen MR) is 148 cm³/mol. The SMILES string of the molecule is CC[C@@H](C)NC(=O)[C@H](Cc1ccccc1)N(Cc1ccccc1)C(=O)COc1cccc2ccccc12. The van der Waals surface area contributed by atoms with E-state index in [1.807, 2.05) is 117 Å². The fraction of sp³-hybridized carbons (Fsp3) is 0.250. The van der Waals surface area contributed by atoms with Gasteiger partial charge in [0.15, 0.2) is 6.61 Å². The number of ether oxygens (including phenoxy) is 1. The van der Waals surface area contributed by atoms with Crippen LogP contribution >= 0.6 is 0 Å². The summed E-state index contributed by atoms with van der Waals surface area (Å²) >= 11 is 0. The Balaban J connectivity index is 1.63. The number of rotatable bonds is 11. The average molecular weight is 495 g/mol. The molecule has 0 unspecified atom stereocenters. The Bertz CT molecular complexity index is 1300. The van der Waals surface area contributed by atoms with Crippen molar-refractivity contribution in [2.75, 3.05) is 6.61 Å². The van der Waals surface area contributed by atoms with E-state index in [1.165, 1.54) is 0 Å². The highest BCUT2D eigenvalue weighted by Gasteiger charge is 2.31. The van der Waals surface area contributed by atoms with Gasteiger partial charge in [0.25, 0.3) is 5.91 Å². The summed E-state index contributed by atoms with van der Waals surface area (Å²) in [6.07, 6.45) is 1.22. The smallest absolute Gasteiger partial charge is 0.261 e. The Kier molecular flexibility index (Phi) is 8.93. The number of carbonyl (C=O) groups excluding carboxylic acids is 2. The second-order valence-corrected chi connectivity index (χ2v) is 9.30. The topological polar surface area (TPSA) is 58.6 Å². The summed E-state index contributed by atoms with van der Waals surface area (Å²) in [5.74, 6) is 0.249. The fourth-order valence-electron chi connectivity index (χ4n) is 4.32. The normalized spacial score (nSPS) is 12.5. The van der Waals surface area contributed by atoms with Crippen LogP contribution in [0, 0.1) is 0 Å². The van der Waals surface area contributed by atoms with Crippen molar-refractivity contribution in [3.8, 4) is 5.75 Å². The lowest BCUT2D eigenvalue weighted by atomic mass is 10.0. The predicted octanol–water partition coefficient (Wildman–Crippen LogP) is 5.77. The van der Waals surface area contributed by atoms with Crippen molar-refractivity contribution in [1.29, 1.82) is 0 Å². The van der Waals surface area contributed by atoms with Crippen molar-refractivity contribution in [3.05, 3.63) is 114 Å². The lowest BCUT2D eigenvalue weighted by molar-refractivity contribution is -0.143. The summed E-state index contributed by atoms with van der Waals surface area (Å²) in [5, 5.41) is 5.09. The molecule has 0 heterocycles. The summed E-state index contributed by atoms with van der Waals surface area (Å²) in [6.45, 7) is 4.15. The minimum atomic E-state index is -0.680. The van der Waals surface area contributed by atoms with Crippen molar-refractivity contribution in [2.45, 2.75) is 45.3 Å². The molecule has 37 heavy (non-hydrogen) atoms. The summed E-state index contributed by atoms with van der Waals surface area (Å²) in [4.78, 5) is 29.0. The van der Waals surface area contributed by atoms with E-state index in [9.17, 15) is 9.59 Å². The maximum atomic E-state index is 13.8. The van der Waals surface area contributed by atoms with Crippen LogP contribution in [0.25, 0.3) is 10.8 Å². The molecule has 2 atom stereocenters. The Morgan fingerprint density at radius 3 is 2.14 bits per heavy atom. The standard InChI is InChI=1S/C32H34N2O3/c1-3-24(2)33-32(36)29(21-25-13-6-4-7-14-25)34(22-26-15-8-5-9-16-26)31(35)23-37-30-20-12-18-27-17-10-11-19-28(27)30/h4-20,24,29H,3,21-23H2,1-2H3,(H,33,36)/t24-,29+/m1/s1. The third-order valence-corrected chi connectivity index (χ3v) is 6.57. The zero-order valence-corrected chi connectivity index (χ0v) is 21.5. The molecule has 5 heteroatoms. The molecule has 0 spiro atoms. The van der Waals surface area contributed by atoms with E-state index in [1.54, 1.807) is 4.90 Å². The maximum absolute atomic E-state index is 13.8. The van der Waals surface area contributed by atoms with Crippen LogP contribution in [0.5, 0.6) is 5.75 Å². The van der Waals surface area contributed by atoms with Gasteiger partial charge in [0.05, 0.1) is 0 Å². The van der Waals surface area contributed by atoms with Gasteiger partial charge in [0.1, 0.15) is 11.8 Å². The van der Waals surface area contributed by atoms with Crippen molar-refractivity contribution in [1.82, 2.24) is 10.2 Å². The molecule has 190 valence electrons. The Morgan fingerprint density at radius 1 is 0.811 bits per heavy atom. The Labute approximate surface area is 219 Å². The first-order valence-corrected chi connectivity index (χ1v) is 12.8. The van der Waals surface area contributed by atoms with Gasteiger partial charge in [0, 0.05) is 24.4 Å². The first kappa shape index (κ1) is 26.0. The van der Waals surface area contributed by atoms with Gasteiger partial charge in [-0.2, -0.15) is 0 Å². The van der Waals surface area contributed by atoms with Crippen molar-refractivity contribution < 1.29 is 14.3 Å². The second kappa shape index (κ2) is 12.7. The van der Waals surface area contributed by atoms with E-state index in [4.69, 9.17) is 4.74 Å². The minimum absolute atomic E-state index is 0.00591.